The molecule has 0 saturated carbocycles. The van der Waals surface area contributed by atoms with Crippen molar-refractivity contribution in [2.45, 2.75) is 13.8 Å². The van der Waals surface area contributed by atoms with E-state index in [0.717, 1.165) is 55.9 Å². The fourth-order valence-corrected chi connectivity index (χ4v) is 7.48. The summed E-state index contributed by atoms with van der Waals surface area (Å²) in [4.78, 5) is 14.8. The van der Waals surface area contributed by atoms with Gasteiger partial charge in [-0.25, -0.2) is 0 Å². The molecule has 0 radical (unpaired) electrons. The number of rotatable bonds is 6. The van der Waals surface area contributed by atoms with Crippen LogP contribution in [0.15, 0.2) is 170 Å². The van der Waals surface area contributed by atoms with E-state index in [0.29, 0.717) is 0 Å². The van der Waals surface area contributed by atoms with Crippen molar-refractivity contribution in [3.05, 3.63) is 181 Å². The third-order valence-corrected chi connectivity index (χ3v) is 9.66. The van der Waals surface area contributed by atoms with Gasteiger partial charge >= 0.3 is 0 Å². The predicted octanol–water partition coefficient (Wildman–Crippen LogP) is 12.6. The number of fused-ring (bicyclic) bond motifs is 7. The molecule has 0 atom stereocenters. The Balaban J connectivity index is 1.19. The SMILES string of the molecule is Cc1cc(N(c2ccccc2)c2ccccc2)cc2ncc3c4cnc5cc(N(c6ccccc6)c6ccccc6)cc(C)c5c4ccc3c12. The lowest BCUT2D eigenvalue weighted by Gasteiger charge is -2.26. The van der Waals surface area contributed by atoms with Gasteiger partial charge in [-0.15, -0.1) is 0 Å². The fourth-order valence-electron chi connectivity index (χ4n) is 7.48. The van der Waals surface area contributed by atoms with E-state index < -0.39 is 0 Å². The van der Waals surface area contributed by atoms with Crippen LogP contribution in [0, 0.1) is 13.8 Å². The molecule has 0 N–H and O–H groups in total. The van der Waals surface area contributed by atoms with Crippen molar-refractivity contribution in [3.8, 4) is 0 Å². The third kappa shape index (κ3) is 5.01. The Kier molecular flexibility index (Phi) is 7.21. The minimum Gasteiger partial charge on any atom is -0.310 e. The van der Waals surface area contributed by atoms with Crippen molar-refractivity contribution < 1.29 is 0 Å². The highest BCUT2D eigenvalue weighted by molar-refractivity contribution is 6.22. The van der Waals surface area contributed by atoms with Crippen LogP contribution in [0.1, 0.15) is 11.1 Å². The Hall–Kier alpha value is -6.52. The van der Waals surface area contributed by atoms with Crippen LogP contribution < -0.4 is 9.80 Å². The Morgan fingerprint density at radius 3 is 0.980 bits per heavy atom. The molecule has 0 aliphatic rings. The van der Waals surface area contributed by atoms with E-state index in [1.165, 1.54) is 32.7 Å². The molecule has 0 aliphatic heterocycles. The smallest absolute Gasteiger partial charge is 0.0732 e. The second-order valence-corrected chi connectivity index (χ2v) is 12.8. The number of para-hydroxylation sites is 4. The number of benzene rings is 7. The molecule has 0 spiro atoms. The van der Waals surface area contributed by atoms with E-state index in [4.69, 9.17) is 9.97 Å². The van der Waals surface area contributed by atoms with Crippen molar-refractivity contribution in [1.29, 1.82) is 0 Å². The largest absolute Gasteiger partial charge is 0.310 e. The van der Waals surface area contributed by atoms with Gasteiger partial charge in [-0.1, -0.05) is 84.9 Å². The average molecular weight is 643 g/mol. The van der Waals surface area contributed by atoms with E-state index in [9.17, 15) is 0 Å². The van der Waals surface area contributed by atoms with Crippen LogP contribution >= 0.6 is 0 Å². The Bertz CT molecular complexity index is 2390. The van der Waals surface area contributed by atoms with Crippen molar-refractivity contribution in [1.82, 2.24) is 9.97 Å². The molecular weight excluding hydrogens is 609 g/mol. The summed E-state index contributed by atoms with van der Waals surface area (Å²) in [7, 11) is 0. The maximum atomic E-state index is 5.10. The van der Waals surface area contributed by atoms with Crippen molar-refractivity contribution in [3.63, 3.8) is 0 Å². The summed E-state index contributed by atoms with van der Waals surface area (Å²) in [5.74, 6) is 0. The highest BCUT2D eigenvalue weighted by atomic mass is 15.1. The van der Waals surface area contributed by atoms with Gasteiger partial charge in [-0.2, -0.15) is 0 Å². The summed E-state index contributed by atoms with van der Waals surface area (Å²) in [5, 5.41) is 6.94. The summed E-state index contributed by atoms with van der Waals surface area (Å²) in [6.45, 7) is 4.39. The van der Waals surface area contributed by atoms with Crippen LogP contribution in [0.2, 0.25) is 0 Å². The topological polar surface area (TPSA) is 32.3 Å². The van der Waals surface area contributed by atoms with Crippen molar-refractivity contribution >= 4 is 77.5 Å². The van der Waals surface area contributed by atoms with Crippen LogP contribution in [0.25, 0.3) is 43.4 Å². The number of hydrogen-bond donors (Lipinski definition) is 0. The molecule has 0 unspecified atom stereocenters. The first-order valence-corrected chi connectivity index (χ1v) is 17.0. The molecule has 50 heavy (non-hydrogen) atoms. The van der Waals surface area contributed by atoms with Gasteiger partial charge in [0.2, 0.25) is 0 Å². The van der Waals surface area contributed by atoms with Crippen LogP contribution in [0.3, 0.4) is 0 Å². The van der Waals surface area contributed by atoms with E-state index in [1.54, 1.807) is 0 Å². The molecule has 0 saturated heterocycles. The molecule has 0 fully saturated rings. The molecule has 4 heteroatoms. The number of aromatic nitrogens is 2. The molecular formula is C46H34N4. The Morgan fingerprint density at radius 2 is 0.660 bits per heavy atom. The molecule has 7 aromatic carbocycles. The number of aryl methyl sites for hydroxylation is 2. The normalized spacial score (nSPS) is 11.4. The number of anilines is 6. The van der Waals surface area contributed by atoms with Crippen LogP contribution in [0.5, 0.6) is 0 Å². The summed E-state index contributed by atoms with van der Waals surface area (Å²) in [6, 6.07) is 55.6. The van der Waals surface area contributed by atoms with Gasteiger partial charge in [0.25, 0.3) is 0 Å². The van der Waals surface area contributed by atoms with Gasteiger partial charge < -0.3 is 9.80 Å². The number of nitrogens with zero attached hydrogens (tertiary/aromatic N) is 4. The minimum atomic E-state index is 0.972. The fraction of sp³-hybridized carbons (Fsp3) is 0.0435. The molecule has 0 amide bonds. The van der Waals surface area contributed by atoms with Gasteiger partial charge in [-0.3, -0.25) is 9.97 Å². The first kappa shape index (κ1) is 29.6. The van der Waals surface area contributed by atoms with Gasteiger partial charge in [0, 0.05) is 68.1 Å². The molecule has 2 heterocycles. The van der Waals surface area contributed by atoms with Gasteiger partial charge in [0.05, 0.1) is 11.0 Å². The van der Waals surface area contributed by atoms with E-state index in [-0.39, 0.29) is 0 Å². The Labute approximate surface area is 291 Å². The molecule has 4 nitrogen and oxygen atoms in total. The minimum absolute atomic E-state index is 0.972. The average Bonchev–Trinajstić information content (AvgIpc) is 3.16. The number of pyridine rings is 2. The quantitative estimate of drug-likeness (QED) is 0.169. The monoisotopic (exact) mass is 642 g/mol. The second kappa shape index (κ2) is 12.2. The second-order valence-electron chi connectivity index (χ2n) is 12.8. The zero-order chi connectivity index (χ0) is 33.6. The standard InChI is InChI=1S/C46H34N4/c1-31-25-37(49(33-15-7-3-8-16-33)34-17-9-4-10-18-34)27-43-45(31)39-23-24-40-42(41(39)29-47-43)30-48-44-28-38(26-32(2)46(40)44)50(35-19-11-5-12-20-35)36-21-13-6-14-22-36/h3-30H,1-2H3. The highest BCUT2D eigenvalue weighted by Gasteiger charge is 2.18. The molecule has 9 aromatic rings. The summed E-state index contributed by atoms with van der Waals surface area (Å²) >= 11 is 0. The van der Waals surface area contributed by atoms with E-state index >= 15 is 0 Å². The van der Waals surface area contributed by atoms with Crippen LogP contribution in [0.4, 0.5) is 34.1 Å². The third-order valence-electron chi connectivity index (χ3n) is 9.66. The molecule has 2 aromatic heterocycles. The van der Waals surface area contributed by atoms with E-state index in [1.807, 2.05) is 12.4 Å². The van der Waals surface area contributed by atoms with Gasteiger partial charge in [-0.05, 0) is 109 Å². The Morgan fingerprint density at radius 1 is 0.340 bits per heavy atom. The van der Waals surface area contributed by atoms with Crippen LogP contribution in [-0.2, 0) is 0 Å². The van der Waals surface area contributed by atoms with Crippen molar-refractivity contribution in [2.24, 2.45) is 0 Å². The lowest BCUT2D eigenvalue weighted by atomic mass is 9.95. The van der Waals surface area contributed by atoms with Gasteiger partial charge in [0.15, 0.2) is 0 Å². The summed E-state index contributed by atoms with van der Waals surface area (Å²) < 4.78 is 0. The maximum absolute atomic E-state index is 5.10. The van der Waals surface area contributed by atoms with E-state index in [2.05, 4.69) is 181 Å². The van der Waals surface area contributed by atoms with Gasteiger partial charge in [0.1, 0.15) is 0 Å². The van der Waals surface area contributed by atoms with Crippen LogP contribution in [-0.4, -0.2) is 9.97 Å². The zero-order valence-electron chi connectivity index (χ0n) is 28.0. The molecule has 238 valence electrons. The lowest BCUT2D eigenvalue weighted by molar-refractivity contribution is 1.27. The van der Waals surface area contributed by atoms with Crippen molar-refractivity contribution in [2.75, 3.05) is 9.80 Å². The maximum Gasteiger partial charge on any atom is 0.0732 e. The highest BCUT2D eigenvalue weighted by Crippen LogP contribution is 2.42. The lowest BCUT2D eigenvalue weighted by Crippen LogP contribution is -2.10. The molecule has 0 bridgehead atoms. The molecule has 0 aliphatic carbocycles. The summed E-state index contributed by atoms with van der Waals surface area (Å²) in [6.07, 6.45) is 4.06. The summed E-state index contributed by atoms with van der Waals surface area (Å²) in [5.41, 5.74) is 10.9. The number of hydrogen-bond acceptors (Lipinski definition) is 4. The first-order valence-electron chi connectivity index (χ1n) is 17.0. The molecule has 9 rings (SSSR count). The first-order chi connectivity index (χ1) is 24.6. The zero-order valence-corrected chi connectivity index (χ0v) is 28.0. The predicted molar refractivity (Wildman–Crippen MR) is 211 cm³/mol.